The van der Waals surface area contributed by atoms with Crippen molar-refractivity contribution in [1.29, 1.82) is 0 Å². The third-order valence-electron chi connectivity index (χ3n) is 5.30. The molecule has 0 bridgehead atoms. The molecule has 1 rings (SSSR count). The minimum absolute atomic E-state index is 0.0677. The van der Waals surface area contributed by atoms with E-state index < -0.39 is 11.5 Å². The molecule has 0 aliphatic rings. The first-order chi connectivity index (χ1) is 12.6. The van der Waals surface area contributed by atoms with Crippen LogP contribution in [-0.2, 0) is 9.53 Å². The predicted octanol–water partition coefficient (Wildman–Crippen LogP) is 4.38. The standard InChI is InChI=1S/C23H40NO3/c1-7-9-15-24(5,6)17-21(25)18-27-22(26)23(3,4)16-19(8-2)20-13-11-10-12-14-20/h10-14,19,21,25H,7-9,15-18H2,1-6H3/q+1. The quantitative estimate of drug-likeness (QED) is 0.434. The second-order valence-electron chi connectivity index (χ2n) is 9.05. The maximum Gasteiger partial charge on any atom is 0.311 e. The molecule has 0 amide bonds. The molecule has 1 aromatic rings. The second kappa shape index (κ2) is 10.8. The molecular weight excluding hydrogens is 338 g/mol. The lowest BCUT2D eigenvalue weighted by Crippen LogP contribution is -2.47. The molecule has 0 spiro atoms. The third-order valence-corrected chi connectivity index (χ3v) is 5.30. The Hall–Kier alpha value is -1.39. The van der Waals surface area contributed by atoms with Gasteiger partial charge in [0.2, 0.25) is 0 Å². The minimum Gasteiger partial charge on any atom is -0.462 e. The molecule has 0 heterocycles. The number of hydrogen-bond donors (Lipinski definition) is 1. The molecular formula is C23H40NO3+. The zero-order valence-electron chi connectivity index (χ0n) is 18.2. The van der Waals surface area contributed by atoms with E-state index in [0.29, 0.717) is 12.5 Å². The van der Waals surface area contributed by atoms with Crippen molar-refractivity contribution in [1.82, 2.24) is 0 Å². The van der Waals surface area contributed by atoms with Gasteiger partial charge in [0.1, 0.15) is 19.3 Å². The van der Waals surface area contributed by atoms with Gasteiger partial charge < -0.3 is 14.3 Å². The van der Waals surface area contributed by atoms with E-state index in [9.17, 15) is 9.90 Å². The zero-order valence-corrected chi connectivity index (χ0v) is 18.2. The fraction of sp³-hybridized carbons (Fsp3) is 0.696. The topological polar surface area (TPSA) is 46.5 Å². The number of carbonyl (C=O) groups excluding carboxylic acids is 1. The number of aliphatic hydroxyl groups is 1. The zero-order chi connectivity index (χ0) is 20.5. The molecule has 0 radical (unpaired) electrons. The Morgan fingerprint density at radius 3 is 2.37 bits per heavy atom. The molecule has 27 heavy (non-hydrogen) atoms. The average molecular weight is 379 g/mol. The lowest BCUT2D eigenvalue weighted by atomic mass is 9.79. The Kier molecular flexibility index (Phi) is 9.48. The van der Waals surface area contributed by atoms with Crippen molar-refractivity contribution in [2.45, 2.75) is 65.4 Å². The van der Waals surface area contributed by atoms with Gasteiger partial charge in [0.15, 0.2) is 0 Å². The third kappa shape index (κ3) is 8.44. The van der Waals surface area contributed by atoms with Crippen LogP contribution in [0, 0.1) is 5.41 Å². The van der Waals surface area contributed by atoms with Crippen LogP contribution in [0.3, 0.4) is 0 Å². The van der Waals surface area contributed by atoms with E-state index in [0.717, 1.165) is 36.7 Å². The van der Waals surface area contributed by atoms with E-state index in [1.165, 1.54) is 5.56 Å². The van der Waals surface area contributed by atoms with Crippen LogP contribution in [0.25, 0.3) is 0 Å². The van der Waals surface area contributed by atoms with Gasteiger partial charge in [-0.25, -0.2) is 0 Å². The van der Waals surface area contributed by atoms with Crippen molar-refractivity contribution < 1.29 is 19.1 Å². The van der Waals surface area contributed by atoms with Gasteiger partial charge in [0.05, 0.1) is 26.1 Å². The highest BCUT2D eigenvalue weighted by atomic mass is 16.5. The molecule has 0 fully saturated rings. The Bertz CT molecular complexity index is 554. The Labute approximate surface area is 166 Å². The molecule has 4 heteroatoms. The highest BCUT2D eigenvalue weighted by Gasteiger charge is 2.33. The SMILES string of the molecule is CCCC[N+](C)(C)CC(O)COC(=O)C(C)(C)CC(CC)c1ccccc1. The number of carbonyl (C=O) groups is 1. The summed E-state index contributed by atoms with van der Waals surface area (Å²) in [6.07, 6.45) is 3.35. The van der Waals surface area contributed by atoms with Crippen LogP contribution >= 0.6 is 0 Å². The largest absolute Gasteiger partial charge is 0.462 e. The molecule has 0 saturated heterocycles. The number of aliphatic hydroxyl groups excluding tert-OH is 1. The van der Waals surface area contributed by atoms with Gasteiger partial charge in [-0.2, -0.15) is 0 Å². The summed E-state index contributed by atoms with van der Waals surface area (Å²) in [5.41, 5.74) is 0.680. The summed E-state index contributed by atoms with van der Waals surface area (Å²) < 4.78 is 6.24. The molecule has 2 atom stereocenters. The first-order valence-electron chi connectivity index (χ1n) is 10.3. The van der Waals surface area contributed by atoms with Gasteiger partial charge in [-0.15, -0.1) is 0 Å². The van der Waals surface area contributed by atoms with Crippen molar-refractivity contribution in [2.75, 3.05) is 33.8 Å². The summed E-state index contributed by atoms with van der Waals surface area (Å²) in [4.78, 5) is 12.7. The normalized spacial score (nSPS) is 14.6. The number of nitrogens with zero attached hydrogens (tertiary/aromatic N) is 1. The van der Waals surface area contributed by atoms with E-state index in [2.05, 4.69) is 40.1 Å². The lowest BCUT2D eigenvalue weighted by molar-refractivity contribution is -0.893. The van der Waals surface area contributed by atoms with Crippen LogP contribution in [0.15, 0.2) is 30.3 Å². The summed E-state index contributed by atoms with van der Waals surface area (Å²) in [6, 6.07) is 10.3. The number of benzene rings is 1. The van der Waals surface area contributed by atoms with Crippen molar-refractivity contribution in [3.63, 3.8) is 0 Å². The summed E-state index contributed by atoms with van der Waals surface area (Å²) in [7, 11) is 4.21. The number of hydrogen-bond acceptors (Lipinski definition) is 3. The highest BCUT2D eigenvalue weighted by Crippen LogP contribution is 2.34. The van der Waals surface area contributed by atoms with E-state index >= 15 is 0 Å². The Morgan fingerprint density at radius 2 is 1.81 bits per heavy atom. The number of rotatable bonds is 12. The van der Waals surface area contributed by atoms with Crippen molar-refractivity contribution in [3.05, 3.63) is 35.9 Å². The number of esters is 1. The summed E-state index contributed by atoms with van der Waals surface area (Å²) >= 11 is 0. The monoisotopic (exact) mass is 378 g/mol. The molecule has 0 saturated carbocycles. The minimum atomic E-state index is -0.632. The average Bonchev–Trinajstić information content (AvgIpc) is 2.62. The molecule has 1 N–H and O–H groups in total. The number of unbranched alkanes of at least 4 members (excludes halogenated alkanes) is 1. The fourth-order valence-corrected chi connectivity index (χ4v) is 3.59. The van der Waals surface area contributed by atoms with E-state index in [1.807, 2.05) is 32.0 Å². The van der Waals surface area contributed by atoms with E-state index in [1.54, 1.807) is 0 Å². The van der Waals surface area contributed by atoms with Gasteiger partial charge in [-0.05, 0) is 44.6 Å². The summed E-state index contributed by atoms with van der Waals surface area (Å²) in [5, 5.41) is 10.3. The van der Waals surface area contributed by atoms with Crippen molar-refractivity contribution in [3.8, 4) is 0 Å². The maximum absolute atomic E-state index is 12.7. The molecule has 2 unspecified atom stereocenters. The van der Waals surface area contributed by atoms with Crippen LogP contribution in [0.5, 0.6) is 0 Å². The summed E-state index contributed by atoms with van der Waals surface area (Å²) in [6.45, 7) is 9.87. The first kappa shape index (κ1) is 23.6. The van der Waals surface area contributed by atoms with Crippen LogP contribution in [0.4, 0.5) is 0 Å². The number of likely N-dealkylation sites (N-methyl/N-ethyl adjacent to an activating group) is 1. The van der Waals surface area contributed by atoms with Gasteiger partial charge in [0, 0.05) is 0 Å². The predicted molar refractivity (Wildman–Crippen MR) is 112 cm³/mol. The molecule has 154 valence electrons. The Balaban J connectivity index is 2.56. The van der Waals surface area contributed by atoms with Crippen LogP contribution < -0.4 is 0 Å². The van der Waals surface area contributed by atoms with Crippen LogP contribution in [0.2, 0.25) is 0 Å². The van der Waals surface area contributed by atoms with Crippen LogP contribution in [0.1, 0.15) is 64.9 Å². The van der Waals surface area contributed by atoms with Crippen LogP contribution in [-0.4, -0.2) is 55.5 Å². The van der Waals surface area contributed by atoms with Gasteiger partial charge >= 0.3 is 5.97 Å². The molecule has 0 aliphatic heterocycles. The van der Waals surface area contributed by atoms with Gasteiger partial charge in [-0.1, -0.05) is 50.6 Å². The summed E-state index contributed by atoms with van der Waals surface area (Å²) in [5.74, 6) is 0.0955. The maximum atomic E-state index is 12.7. The Morgan fingerprint density at radius 1 is 1.19 bits per heavy atom. The van der Waals surface area contributed by atoms with E-state index in [4.69, 9.17) is 4.74 Å². The number of ether oxygens (including phenoxy) is 1. The van der Waals surface area contributed by atoms with Gasteiger partial charge in [-0.3, -0.25) is 4.79 Å². The van der Waals surface area contributed by atoms with E-state index in [-0.39, 0.29) is 12.6 Å². The molecule has 1 aromatic carbocycles. The lowest BCUT2D eigenvalue weighted by Gasteiger charge is -2.32. The van der Waals surface area contributed by atoms with Crippen molar-refractivity contribution >= 4 is 5.97 Å². The van der Waals surface area contributed by atoms with Gasteiger partial charge in [0.25, 0.3) is 0 Å². The van der Waals surface area contributed by atoms with Crippen molar-refractivity contribution in [2.24, 2.45) is 5.41 Å². The molecule has 4 nitrogen and oxygen atoms in total. The molecule has 0 aromatic heterocycles. The highest BCUT2D eigenvalue weighted by molar-refractivity contribution is 5.76. The number of quaternary nitrogens is 1. The molecule has 0 aliphatic carbocycles. The first-order valence-corrected chi connectivity index (χ1v) is 10.3. The smallest absolute Gasteiger partial charge is 0.311 e. The second-order valence-corrected chi connectivity index (χ2v) is 9.05. The fourth-order valence-electron chi connectivity index (χ4n) is 3.59.